The molecule has 0 atom stereocenters. The highest BCUT2D eigenvalue weighted by atomic mass is 35.5. The summed E-state index contributed by atoms with van der Waals surface area (Å²) in [5.41, 5.74) is 0.120. The Morgan fingerprint density at radius 3 is 2.84 bits per heavy atom. The van der Waals surface area contributed by atoms with E-state index >= 15 is 0 Å². The van der Waals surface area contributed by atoms with E-state index in [1.54, 1.807) is 6.07 Å². The molecule has 5 nitrogen and oxygen atoms in total. The lowest BCUT2D eigenvalue weighted by molar-refractivity contribution is 0.0683. The fourth-order valence-electron chi connectivity index (χ4n) is 1.85. The molecule has 1 aliphatic rings. The number of hydrogen-bond acceptors (Lipinski definition) is 3. The topological polar surface area (TPSA) is 68.0 Å². The van der Waals surface area contributed by atoms with Crippen molar-refractivity contribution in [3.63, 3.8) is 0 Å². The van der Waals surface area contributed by atoms with Crippen LogP contribution in [0.3, 0.4) is 0 Å². The molecule has 2 aromatic rings. The highest BCUT2D eigenvalue weighted by Gasteiger charge is 2.32. The number of carbonyl (C=O) groups is 1. The number of carboxylic acids is 1. The summed E-state index contributed by atoms with van der Waals surface area (Å²) in [6.45, 7) is 0. The largest absolute Gasteiger partial charge is 0.475 e. The lowest BCUT2D eigenvalue weighted by atomic mass is 10.3. The highest BCUT2D eigenvalue weighted by molar-refractivity contribution is 6.30. The molecule has 0 spiro atoms. The maximum absolute atomic E-state index is 14.0. The molecule has 1 fully saturated rings. The van der Waals surface area contributed by atoms with Gasteiger partial charge in [-0.3, -0.25) is 0 Å². The summed E-state index contributed by atoms with van der Waals surface area (Å²) in [5.74, 6) is -1.59. The molecule has 7 heteroatoms. The summed E-state index contributed by atoms with van der Waals surface area (Å²) >= 11 is 5.73. The molecule has 1 aliphatic carbocycles. The predicted octanol–water partition coefficient (Wildman–Crippen LogP) is 2.64. The second-order valence-corrected chi connectivity index (χ2v) is 4.76. The molecule has 1 saturated carbocycles. The van der Waals surface area contributed by atoms with Gasteiger partial charge in [0.1, 0.15) is 11.5 Å². The average molecular weight is 282 g/mol. The number of aromatic nitrogens is 3. The van der Waals surface area contributed by atoms with Crippen molar-refractivity contribution in [2.75, 3.05) is 0 Å². The Morgan fingerprint density at radius 1 is 1.47 bits per heavy atom. The van der Waals surface area contributed by atoms with Gasteiger partial charge in [-0.2, -0.15) is 0 Å². The molecule has 0 saturated heterocycles. The maximum Gasteiger partial charge on any atom is 0.375 e. The molecule has 1 N–H and O–H groups in total. The van der Waals surface area contributed by atoms with Crippen LogP contribution in [0.25, 0.3) is 5.69 Å². The number of rotatable bonds is 3. The lowest BCUT2D eigenvalue weighted by Gasteiger charge is -2.06. The summed E-state index contributed by atoms with van der Waals surface area (Å²) < 4.78 is 15.2. The van der Waals surface area contributed by atoms with Gasteiger partial charge in [0.05, 0.1) is 5.02 Å². The quantitative estimate of drug-likeness (QED) is 0.939. The van der Waals surface area contributed by atoms with Crippen molar-refractivity contribution >= 4 is 17.6 Å². The normalized spacial score (nSPS) is 14.6. The van der Waals surface area contributed by atoms with E-state index in [9.17, 15) is 9.18 Å². The van der Waals surface area contributed by atoms with Crippen LogP contribution >= 0.6 is 11.6 Å². The van der Waals surface area contributed by atoms with Gasteiger partial charge in [0.2, 0.25) is 0 Å². The van der Waals surface area contributed by atoms with Crippen LogP contribution in [0.5, 0.6) is 0 Å². The molecule has 98 valence electrons. The van der Waals surface area contributed by atoms with Crippen LogP contribution in [0.2, 0.25) is 5.02 Å². The molecule has 1 heterocycles. The van der Waals surface area contributed by atoms with Crippen molar-refractivity contribution < 1.29 is 14.3 Å². The monoisotopic (exact) mass is 281 g/mol. The van der Waals surface area contributed by atoms with Crippen LogP contribution in [0.1, 0.15) is 35.2 Å². The number of benzene rings is 1. The number of hydrogen-bond donors (Lipinski definition) is 1. The number of nitrogens with zero attached hydrogens (tertiary/aromatic N) is 3. The minimum Gasteiger partial charge on any atom is -0.475 e. The van der Waals surface area contributed by atoms with Gasteiger partial charge in [0, 0.05) is 5.92 Å². The van der Waals surface area contributed by atoms with Crippen molar-refractivity contribution in [3.05, 3.63) is 40.7 Å². The van der Waals surface area contributed by atoms with Gasteiger partial charge < -0.3 is 5.11 Å². The first-order valence-corrected chi connectivity index (χ1v) is 6.10. The summed E-state index contributed by atoms with van der Waals surface area (Å²) in [6, 6.07) is 4.50. The van der Waals surface area contributed by atoms with Crippen molar-refractivity contribution in [3.8, 4) is 5.69 Å². The first-order chi connectivity index (χ1) is 9.08. The van der Waals surface area contributed by atoms with Gasteiger partial charge >= 0.3 is 5.97 Å². The number of carboxylic acid groups (broad SMARTS) is 1. The fraction of sp³-hybridized carbons (Fsp3) is 0.250. The van der Waals surface area contributed by atoms with E-state index in [0.717, 1.165) is 12.8 Å². The lowest BCUT2D eigenvalue weighted by Crippen LogP contribution is -2.05. The minimum atomic E-state index is -1.23. The molecular formula is C12H9ClFN3O2. The van der Waals surface area contributed by atoms with Crippen LogP contribution in [0, 0.1) is 5.82 Å². The Morgan fingerprint density at radius 2 is 2.21 bits per heavy atom. The van der Waals surface area contributed by atoms with Gasteiger partial charge in [0.15, 0.2) is 5.82 Å². The highest BCUT2D eigenvalue weighted by Crippen LogP contribution is 2.40. The van der Waals surface area contributed by atoms with Crippen LogP contribution in [-0.2, 0) is 0 Å². The fourth-order valence-corrected chi connectivity index (χ4v) is 2.02. The molecule has 3 rings (SSSR count). The van der Waals surface area contributed by atoms with Crippen molar-refractivity contribution in [2.45, 2.75) is 18.8 Å². The summed E-state index contributed by atoms with van der Waals surface area (Å²) in [4.78, 5) is 14.9. The van der Waals surface area contributed by atoms with Gasteiger partial charge in [-0.1, -0.05) is 17.7 Å². The average Bonchev–Trinajstić information content (AvgIpc) is 3.12. The first-order valence-electron chi connectivity index (χ1n) is 5.72. The Labute approximate surface area is 112 Å². The molecular weight excluding hydrogens is 273 g/mol. The van der Waals surface area contributed by atoms with Crippen LogP contribution in [0.4, 0.5) is 4.39 Å². The molecule has 0 bridgehead atoms. The molecule has 1 aromatic carbocycles. The Balaban J connectivity index is 2.18. The second kappa shape index (κ2) is 4.31. The van der Waals surface area contributed by atoms with Gasteiger partial charge in [-0.15, -0.1) is 5.10 Å². The standard InChI is InChI=1S/C12H9ClFN3O2/c13-7-2-1-3-8(9(7)14)17-11(6-4-5-6)15-10(16-17)12(18)19/h1-3,6H,4-5H2,(H,18,19). The van der Waals surface area contributed by atoms with Crippen LogP contribution in [0.15, 0.2) is 18.2 Å². The third-order valence-corrected chi connectivity index (χ3v) is 3.22. The van der Waals surface area contributed by atoms with E-state index in [0.29, 0.717) is 5.82 Å². The third kappa shape index (κ3) is 2.08. The summed E-state index contributed by atoms with van der Waals surface area (Å²) in [6.07, 6.45) is 1.81. The summed E-state index contributed by atoms with van der Waals surface area (Å²) in [5, 5.41) is 12.8. The zero-order valence-corrected chi connectivity index (χ0v) is 10.4. The molecule has 1 aromatic heterocycles. The van der Waals surface area contributed by atoms with E-state index in [1.807, 2.05) is 0 Å². The van der Waals surface area contributed by atoms with Crippen molar-refractivity contribution in [2.24, 2.45) is 0 Å². The molecule has 19 heavy (non-hydrogen) atoms. The summed E-state index contributed by atoms with van der Waals surface area (Å²) in [7, 11) is 0. The van der Waals surface area contributed by atoms with E-state index in [-0.39, 0.29) is 22.5 Å². The molecule has 0 aliphatic heterocycles. The Bertz CT molecular complexity index is 667. The predicted molar refractivity (Wildman–Crippen MR) is 65.3 cm³/mol. The van der Waals surface area contributed by atoms with Crippen molar-refractivity contribution in [1.29, 1.82) is 0 Å². The van der Waals surface area contributed by atoms with Crippen LogP contribution in [-0.4, -0.2) is 25.8 Å². The maximum atomic E-state index is 14.0. The Kier molecular flexibility index (Phi) is 2.74. The zero-order chi connectivity index (χ0) is 13.6. The first kappa shape index (κ1) is 12.1. The molecule has 0 radical (unpaired) electrons. The molecule has 0 unspecified atom stereocenters. The Hall–Kier alpha value is -1.95. The van der Waals surface area contributed by atoms with Gasteiger partial charge in [-0.05, 0) is 25.0 Å². The second-order valence-electron chi connectivity index (χ2n) is 4.36. The third-order valence-electron chi connectivity index (χ3n) is 2.93. The van der Waals surface area contributed by atoms with Gasteiger partial charge in [-0.25, -0.2) is 18.9 Å². The van der Waals surface area contributed by atoms with Crippen molar-refractivity contribution in [1.82, 2.24) is 14.8 Å². The molecule has 0 amide bonds. The smallest absolute Gasteiger partial charge is 0.375 e. The van der Waals surface area contributed by atoms with Crippen LogP contribution < -0.4 is 0 Å². The van der Waals surface area contributed by atoms with E-state index < -0.39 is 11.8 Å². The number of halogens is 2. The van der Waals surface area contributed by atoms with Gasteiger partial charge in [0.25, 0.3) is 5.82 Å². The number of aromatic carboxylic acids is 1. The minimum absolute atomic E-state index is 0.0355. The zero-order valence-electron chi connectivity index (χ0n) is 9.68. The van der Waals surface area contributed by atoms with E-state index in [4.69, 9.17) is 16.7 Å². The van der Waals surface area contributed by atoms with E-state index in [1.165, 1.54) is 16.8 Å². The van der Waals surface area contributed by atoms with E-state index in [2.05, 4.69) is 10.1 Å². The SMILES string of the molecule is O=C(O)c1nc(C2CC2)n(-c2cccc(Cl)c2F)n1.